The lowest BCUT2D eigenvalue weighted by atomic mass is 9.71. The van der Waals surface area contributed by atoms with E-state index in [0.717, 1.165) is 81.2 Å². The molecule has 14 nitrogen and oxygen atoms in total. The Morgan fingerprint density at radius 3 is 2.11 bits per heavy atom. The summed E-state index contributed by atoms with van der Waals surface area (Å²) in [6.07, 6.45) is 2.65. The van der Waals surface area contributed by atoms with Crippen LogP contribution in [0, 0.1) is 5.41 Å². The van der Waals surface area contributed by atoms with Crippen LogP contribution in [0.4, 0.5) is 29.3 Å². The summed E-state index contributed by atoms with van der Waals surface area (Å²) in [5, 5.41) is 13.1. The molecule has 2 fully saturated rings. The number of sulfone groups is 1. The van der Waals surface area contributed by atoms with E-state index in [-0.39, 0.29) is 35.9 Å². The van der Waals surface area contributed by atoms with Gasteiger partial charge in [0.25, 0.3) is 25.8 Å². The SMILES string of the molecule is CC(C)(C)OC(=O)N1CCN(C[C@]2(C)CCC(c3ccc(Cl)cc3)=C(CN3CCN(c4ccc(C(=O)NS(=O)(=O)c5ccc(N[C@H](CCO)CSc6ccccc6)c(S(=O)(=O)C(F)(F)F)c5)cc4)CC3)C2)CC1. The highest BCUT2D eigenvalue weighted by Gasteiger charge is 2.48. The molecule has 0 unspecified atom stereocenters. The Morgan fingerprint density at radius 2 is 1.49 bits per heavy atom. The number of sulfonamides is 1. The van der Waals surface area contributed by atoms with Crippen LogP contribution in [0.5, 0.6) is 0 Å². The Labute approximate surface area is 436 Å². The van der Waals surface area contributed by atoms with E-state index in [9.17, 15) is 44.7 Å². The topological polar surface area (TPSA) is 169 Å². The van der Waals surface area contributed by atoms with Crippen molar-refractivity contribution < 1.29 is 49.4 Å². The van der Waals surface area contributed by atoms with E-state index in [2.05, 4.69) is 39.1 Å². The molecule has 1 aliphatic carbocycles. The molecule has 4 aromatic rings. The largest absolute Gasteiger partial charge is 0.501 e. The van der Waals surface area contributed by atoms with Crippen LogP contribution in [-0.2, 0) is 24.6 Å². The number of allylic oxidation sites excluding steroid dienone is 1. The summed E-state index contributed by atoms with van der Waals surface area (Å²) in [6.45, 7) is 15.0. The number of thioether (sulfide) groups is 1. The lowest BCUT2D eigenvalue weighted by molar-refractivity contribution is -0.0436. The van der Waals surface area contributed by atoms with Crippen LogP contribution in [0.1, 0.15) is 69.3 Å². The Bertz CT molecular complexity index is 2820. The molecule has 3 aliphatic rings. The van der Waals surface area contributed by atoms with Gasteiger partial charge in [0.1, 0.15) is 10.5 Å². The fourth-order valence-electron chi connectivity index (χ4n) is 9.47. The zero-order chi connectivity index (χ0) is 52.8. The zero-order valence-electron chi connectivity index (χ0n) is 41.5. The second kappa shape index (κ2) is 23.4. The third-order valence-corrected chi connectivity index (χ3v) is 17.5. The zero-order valence-corrected chi connectivity index (χ0v) is 44.7. The predicted molar refractivity (Wildman–Crippen MR) is 280 cm³/mol. The summed E-state index contributed by atoms with van der Waals surface area (Å²) >= 11 is 7.63. The number of aliphatic hydroxyl groups excluding tert-OH is 1. The van der Waals surface area contributed by atoms with Gasteiger partial charge in [-0.3, -0.25) is 14.6 Å². The average Bonchev–Trinajstić information content (AvgIpc) is 3.33. The van der Waals surface area contributed by atoms with Crippen LogP contribution >= 0.6 is 23.4 Å². The van der Waals surface area contributed by atoms with Gasteiger partial charge in [0, 0.05) is 105 Å². The average molecular weight is 1090 g/mol. The summed E-state index contributed by atoms with van der Waals surface area (Å²) in [6, 6.07) is 24.9. The second-order valence-electron chi connectivity index (χ2n) is 20.1. The number of hydrogen-bond acceptors (Lipinski definition) is 13. The van der Waals surface area contributed by atoms with Crippen LogP contribution < -0.4 is 14.9 Å². The minimum atomic E-state index is -6.09. The van der Waals surface area contributed by atoms with Crippen LogP contribution in [0.15, 0.2) is 117 Å². The number of ether oxygens (including phenoxy) is 1. The molecule has 2 heterocycles. The molecule has 0 saturated carbocycles. The molecule has 4 aromatic carbocycles. The van der Waals surface area contributed by atoms with Crippen LogP contribution in [0.3, 0.4) is 0 Å². The lowest BCUT2D eigenvalue weighted by Gasteiger charge is -2.44. The quantitative estimate of drug-likeness (QED) is 0.0858. The molecule has 3 N–H and O–H groups in total. The first-order valence-electron chi connectivity index (χ1n) is 24.2. The van der Waals surface area contributed by atoms with Crippen LogP contribution in [-0.4, -0.2) is 144 Å². The molecular formula is C52H64ClF3N6O8S3. The lowest BCUT2D eigenvalue weighted by Crippen LogP contribution is -2.52. The van der Waals surface area contributed by atoms with E-state index in [0.29, 0.717) is 37.3 Å². The first-order valence-corrected chi connectivity index (χ1v) is 28.6. The number of carbonyl (C=O) groups is 2. The number of halogens is 4. The van der Waals surface area contributed by atoms with Crippen molar-refractivity contribution in [2.45, 2.75) is 85.2 Å². The molecule has 2 saturated heterocycles. The molecule has 7 rings (SSSR count). The van der Waals surface area contributed by atoms with E-state index in [1.807, 2.05) is 55.8 Å². The van der Waals surface area contributed by atoms with Crippen molar-refractivity contribution >= 4 is 72.2 Å². The molecule has 73 heavy (non-hydrogen) atoms. The van der Waals surface area contributed by atoms with Gasteiger partial charge >= 0.3 is 11.6 Å². The highest BCUT2D eigenvalue weighted by Crippen LogP contribution is 2.44. The number of piperazine rings is 2. The third kappa shape index (κ3) is 14.7. The number of nitrogens with one attached hydrogen (secondary N) is 2. The van der Waals surface area contributed by atoms with Crippen molar-refractivity contribution in [1.29, 1.82) is 0 Å². The van der Waals surface area contributed by atoms with Crippen molar-refractivity contribution in [3.63, 3.8) is 0 Å². The van der Waals surface area contributed by atoms with Gasteiger partial charge in [-0.2, -0.15) is 13.2 Å². The minimum absolute atomic E-state index is 0.0283. The summed E-state index contributed by atoms with van der Waals surface area (Å²) in [5.74, 6) is -0.833. The summed E-state index contributed by atoms with van der Waals surface area (Å²) in [7, 11) is -11.0. The van der Waals surface area contributed by atoms with E-state index in [4.69, 9.17) is 16.3 Å². The monoisotopic (exact) mass is 1090 g/mol. The number of rotatable bonds is 17. The van der Waals surface area contributed by atoms with Crippen molar-refractivity contribution in [1.82, 2.24) is 19.4 Å². The summed E-state index contributed by atoms with van der Waals surface area (Å²) in [4.78, 5) is 33.6. The summed E-state index contributed by atoms with van der Waals surface area (Å²) < 4.78 is 102. The Kier molecular flexibility index (Phi) is 17.9. The highest BCUT2D eigenvalue weighted by atomic mass is 35.5. The number of carbonyl (C=O) groups excluding carboxylic acids is 2. The molecule has 0 bridgehead atoms. The Hall–Kier alpha value is -4.83. The molecular weight excluding hydrogens is 1030 g/mol. The van der Waals surface area contributed by atoms with Gasteiger partial charge < -0.3 is 25.0 Å². The minimum Gasteiger partial charge on any atom is -0.444 e. The maximum atomic E-state index is 14.0. The van der Waals surface area contributed by atoms with Crippen LogP contribution in [0.25, 0.3) is 5.57 Å². The normalized spacial score (nSPS) is 19.1. The fourth-order valence-corrected chi connectivity index (χ4v) is 12.6. The molecule has 2 aliphatic heterocycles. The molecule has 396 valence electrons. The molecule has 2 amide bonds. The van der Waals surface area contributed by atoms with Gasteiger partial charge in [-0.05, 0) is 130 Å². The first-order chi connectivity index (χ1) is 34.4. The third-order valence-electron chi connectivity index (χ3n) is 13.3. The maximum Gasteiger partial charge on any atom is 0.501 e. The van der Waals surface area contributed by atoms with E-state index in [1.165, 1.54) is 40.6 Å². The van der Waals surface area contributed by atoms with Crippen LogP contribution in [0.2, 0.25) is 5.02 Å². The van der Waals surface area contributed by atoms with Gasteiger partial charge in [0.2, 0.25) is 0 Å². The van der Waals surface area contributed by atoms with Crippen molar-refractivity contribution in [2.24, 2.45) is 5.41 Å². The number of hydrogen-bond donors (Lipinski definition) is 3. The number of nitrogens with zero attached hydrogens (tertiary/aromatic N) is 4. The van der Waals surface area contributed by atoms with E-state index >= 15 is 0 Å². The number of benzene rings is 4. The molecule has 21 heteroatoms. The van der Waals surface area contributed by atoms with E-state index in [1.54, 1.807) is 29.2 Å². The highest BCUT2D eigenvalue weighted by molar-refractivity contribution is 7.99. The first kappa shape index (κ1) is 55.9. The fraction of sp³-hybridized carbons (Fsp3) is 0.462. The molecule has 2 atom stereocenters. The maximum absolute atomic E-state index is 14.0. The van der Waals surface area contributed by atoms with Gasteiger partial charge in [0.05, 0.1) is 10.6 Å². The summed E-state index contributed by atoms with van der Waals surface area (Å²) in [5.41, 5.74) is -2.12. The standard InChI is InChI=1S/C52H64ClF3N6O8S3/c1-50(2,3)70-49(65)62-29-25-60(26-30-62)36-51(4)22-20-45(37-10-14-40(53)15-11-37)39(33-51)34-59-23-27-61(28-24-59)42-16-12-38(13-17-42)48(64)58-73(68,69)44-18-19-46(47(32-44)72(66,67)52(54,55)56)57-41(21-31-63)35-71-43-8-6-5-7-9-43/h5-19,32,41,57,63H,20-31,33-36H2,1-4H3,(H,58,64)/t41-,51-/m1/s1. The molecule has 0 aromatic heterocycles. The number of amides is 2. The Morgan fingerprint density at radius 1 is 0.849 bits per heavy atom. The van der Waals surface area contributed by atoms with Crippen molar-refractivity contribution in [2.75, 3.05) is 88.0 Å². The van der Waals surface area contributed by atoms with Crippen molar-refractivity contribution in [3.8, 4) is 0 Å². The smallest absolute Gasteiger partial charge is 0.444 e. The van der Waals surface area contributed by atoms with E-state index < -0.39 is 58.4 Å². The molecule has 0 spiro atoms. The van der Waals surface area contributed by atoms with Gasteiger partial charge in [0.15, 0.2) is 0 Å². The molecule has 0 radical (unpaired) electrons. The van der Waals surface area contributed by atoms with Gasteiger partial charge in [-0.15, -0.1) is 11.8 Å². The second-order valence-corrected chi connectivity index (χ2v) is 25.3. The number of aliphatic hydroxyl groups is 1. The Balaban J connectivity index is 0.979. The van der Waals surface area contributed by atoms with Gasteiger partial charge in [-0.1, -0.05) is 54.4 Å². The predicted octanol–water partition coefficient (Wildman–Crippen LogP) is 9.03. The number of alkyl halides is 3. The van der Waals surface area contributed by atoms with Gasteiger partial charge in [-0.25, -0.2) is 26.4 Å². The number of anilines is 2. The van der Waals surface area contributed by atoms with Crippen molar-refractivity contribution in [3.05, 3.63) is 119 Å².